The fourth-order valence-corrected chi connectivity index (χ4v) is 8.52. The van der Waals surface area contributed by atoms with Gasteiger partial charge in [-0.15, -0.1) is 0 Å². The van der Waals surface area contributed by atoms with Crippen LogP contribution in [0.2, 0.25) is 0 Å². The molecular formula is C49H94N4O9. The predicted octanol–water partition coefficient (Wildman–Crippen LogP) is 9.83. The quantitative estimate of drug-likeness (QED) is 0.0114. The van der Waals surface area contributed by atoms with Gasteiger partial charge in [0.1, 0.15) is 6.23 Å². The SMILES string of the molecule is CCCCCCCCCCCCCCCCCCOC(=O)C(C)(C)CC(C)(CC(C)(CC(C)(CC)C(=O)OCCC(O)NCCCCN=C(N)N)C(=O)OC)C(=O)OCCCC. The van der Waals surface area contributed by atoms with Crippen molar-refractivity contribution in [2.75, 3.05) is 40.0 Å². The average Bonchev–Trinajstić information content (AvgIpc) is 3.22. The minimum absolute atomic E-state index is 0.0145. The molecule has 0 fully saturated rings. The molecule has 0 radical (unpaired) electrons. The highest BCUT2D eigenvalue weighted by molar-refractivity contribution is 5.84. The van der Waals surface area contributed by atoms with Gasteiger partial charge >= 0.3 is 23.9 Å². The van der Waals surface area contributed by atoms with Crippen molar-refractivity contribution in [3.8, 4) is 0 Å². The molecule has 364 valence electrons. The van der Waals surface area contributed by atoms with Gasteiger partial charge in [-0.2, -0.15) is 0 Å². The van der Waals surface area contributed by atoms with Crippen LogP contribution in [0.4, 0.5) is 0 Å². The molecule has 62 heavy (non-hydrogen) atoms. The number of hydrogen-bond acceptors (Lipinski definition) is 11. The van der Waals surface area contributed by atoms with Gasteiger partial charge in [-0.05, 0) is 92.5 Å². The summed E-state index contributed by atoms with van der Waals surface area (Å²) in [4.78, 5) is 59.0. The van der Waals surface area contributed by atoms with Gasteiger partial charge in [0.05, 0.1) is 48.6 Å². The van der Waals surface area contributed by atoms with E-state index in [2.05, 4.69) is 17.2 Å². The smallest absolute Gasteiger partial charge is 0.311 e. The Labute approximate surface area is 377 Å². The Balaban J connectivity index is 5.39. The molecule has 0 heterocycles. The van der Waals surface area contributed by atoms with E-state index in [0.717, 1.165) is 38.5 Å². The zero-order valence-corrected chi connectivity index (χ0v) is 41.1. The first-order valence-electron chi connectivity index (χ1n) is 24.4. The lowest BCUT2D eigenvalue weighted by Crippen LogP contribution is -2.47. The number of aliphatic hydroxyl groups excluding tert-OH is 1. The Morgan fingerprint density at radius 3 is 1.48 bits per heavy atom. The number of hydrogen-bond donors (Lipinski definition) is 4. The molecule has 0 amide bonds. The third-order valence-corrected chi connectivity index (χ3v) is 12.2. The van der Waals surface area contributed by atoms with Gasteiger partial charge in [0.2, 0.25) is 0 Å². The van der Waals surface area contributed by atoms with E-state index in [9.17, 15) is 24.3 Å². The Morgan fingerprint density at radius 2 is 0.984 bits per heavy atom. The summed E-state index contributed by atoms with van der Waals surface area (Å²) in [6.07, 6.45) is 22.8. The summed E-state index contributed by atoms with van der Waals surface area (Å²) in [5.41, 5.74) is 5.81. The molecule has 0 aliphatic heterocycles. The van der Waals surface area contributed by atoms with Crippen molar-refractivity contribution in [1.82, 2.24) is 5.32 Å². The first kappa shape index (κ1) is 59.1. The van der Waals surface area contributed by atoms with Gasteiger partial charge in [0.25, 0.3) is 0 Å². The van der Waals surface area contributed by atoms with Crippen LogP contribution in [0.5, 0.6) is 0 Å². The maximum atomic E-state index is 14.0. The molecule has 13 nitrogen and oxygen atoms in total. The van der Waals surface area contributed by atoms with Gasteiger partial charge in [-0.1, -0.05) is 124 Å². The van der Waals surface area contributed by atoms with E-state index in [0.29, 0.717) is 32.5 Å². The van der Waals surface area contributed by atoms with Crippen LogP contribution in [0.1, 0.15) is 216 Å². The van der Waals surface area contributed by atoms with Gasteiger partial charge in [0, 0.05) is 13.0 Å². The van der Waals surface area contributed by atoms with E-state index < -0.39 is 51.8 Å². The van der Waals surface area contributed by atoms with Crippen molar-refractivity contribution >= 4 is 29.8 Å². The summed E-state index contributed by atoms with van der Waals surface area (Å²) < 4.78 is 22.6. The number of aliphatic imine (C=N–C) groups is 1. The van der Waals surface area contributed by atoms with Crippen molar-refractivity contribution in [2.24, 2.45) is 38.1 Å². The third kappa shape index (κ3) is 26.0. The monoisotopic (exact) mass is 883 g/mol. The molecule has 4 unspecified atom stereocenters. The normalized spacial score (nSPS) is 15.1. The molecule has 0 saturated heterocycles. The zero-order valence-electron chi connectivity index (χ0n) is 41.1. The van der Waals surface area contributed by atoms with Crippen LogP contribution in [0.15, 0.2) is 4.99 Å². The van der Waals surface area contributed by atoms with Gasteiger partial charge in [0.15, 0.2) is 5.96 Å². The number of guanidine groups is 1. The van der Waals surface area contributed by atoms with Crippen molar-refractivity contribution in [3.63, 3.8) is 0 Å². The molecule has 13 heteroatoms. The van der Waals surface area contributed by atoms with Crippen molar-refractivity contribution in [2.45, 2.75) is 222 Å². The van der Waals surface area contributed by atoms with E-state index >= 15 is 0 Å². The average molecular weight is 883 g/mol. The van der Waals surface area contributed by atoms with Gasteiger partial charge in [-0.25, -0.2) is 0 Å². The highest BCUT2D eigenvalue weighted by Gasteiger charge is 2.53. The Hall–Kier alpha value is -2.93. The molecule has 0 bridgehead atoms. The minimum atomic E-state index is -1.34. The number of carbonyl (C=O) groups excluding carboxylic acids is 4. The zero-order chi connectivity index (χ0) is 46.9. The summed E-state index contributed by atoms with van der Waals surface area (Å²) in [6.45, 7) is 16.3. The van der Waals surface area contributed by atoms with Crippen LogP contribution in [0.25, 0.3) is 0 Å². The van der Waals surface area contributed by atoms with E-state index in [4.69, 9.17) is 30.4 Å². The van der Waals surface area contributed by atoms with Crippen molar-refractivity contribution < 1.29 is 43.2 Å². The van der Waals surface area contributed by atoms with Crippen molar-refractivity contribution in [3.05, 3.63) is 0 Å². The molecular weight excluding hydrogens is 789 g/mol. The predicted molar refractivity (Wildman–Crippen MR) is 250 cm³/mol. The molecule has 0 aliphatic carbocycles. The lowest BCUT2D eigenvalue weighted by Gasteiger charge is -2.42. The number of carbonyl (C=O) groups is 4. The molecule has 0 aliphatic rings. The van der Waals surface area contributed by atoms with Crippen LogP contribution in [-0.2, 0) is 38.1 Å². The Bertz CT molecular complexity index is 1260. The summed E-state index contributed by atoms with van der Waals surface area (Å²) >= 11 is 0. The molecule has 0 aromatic heterocycles. The number of rotatable bonds is 40. The molecule has 4 atom stereocenters. The Kier molecular flexibility index (Phi) is 32.0. The Morgan fingerprint density at radius 1 is 0.548 bits per heavy atom. The number of esters is 4. The van der Waals surface area contributed by atoms with E-state index in [-0.39, 0.29) is 44.9 Å². The molecule has 0 aromatic rings. The molecule has 0 rings (SSSR count). The lowest BCUT2D eigenvalue weighted by molar-refractivity contribution is -0.171. The number of nitrogens with two attached hydrogens (primary N) is 2. The highest BCUT2D eigenvalue weighted by atomic mass is 16.5. The van der Waals surface area contributed by atoms with E-state index in [1.54, 1.807) is 34.6 Å². The molecule has 6 N–H and O–H groups in total. The molecule has 0 aromatic carbocycles. The lowest BCUT2D eigenvalue weighted by atomic mass is 9.61. The fraction of sp³-hybridized carbons (Fsp3) is 0.898. The second-order valence-electron chi connectivity index (χ2n) is 19.3. The number of unbranched alkanes of at least 4 members (excludes halogenated alkanes) is 17. The number of nitrogens with one attached hydrogen (secondary N) is 1. The van der Waals surface area contributed by atoms with Gasteiger partial charge < -0.3 is 35.5 Å². The topological polar surface area (TPSA) is 202 Å². The van der Waals surface area contributed by atoms with Crippen LogP contribution < -0.4 is 16.8 Å². The molecule has 0 saturated carbocycles. The third-order valence-electron chi connectivity index (χ3n) is 12.2. The van der Waals surface area contributed by atoms with Crippen LogP contribution in [0.3, 0.4) is 0 Å². The van der Waals surface area contributed by atoms with Crippen molar-refractivity contribution in [1.29, 1.82) is 0 Å². The maximum Gasteiger partial charge on any atom is 0.311 e. The number of aliphatic hydroxyl groups is 1. The first-order valence-corrected chi connectivity index (χ1v) is 24.4. The van der Waals surface area contributed by atoms with Gasteiger partial charge in [-0.3, -0.25) is 29.5 Å². The summed E-state index contributed by atoms with van der Waals surface area (Å²) in [7, 11) is 1.29. The largest absolute Gasteiger partial charge is 0.469 e. The van der Waals surface area contributed by atoms with E-state index in [1.807, 2.05) is 13.8 Å². The standard InChI is InChI=1S/C49H94N4O9/c1-10-13-15-16-17-18-19-20-21-22-23-24-25-26-27-30-35-60-41(55)46(4,5)37-48(7,44(58)61-34-14-11-2)39-49(8,42(56)59-9)38-47(6,12-3)43(57)62-36-31-40(54)52-32-28-29-33-53-45(50)51/h40,52,54H,10-39H2,1-9H3,(H4,50,51,53). The fourth-order valence-electron chi connectivity index (χ4n) is 8.52. The second-order valence-corrected chi connectivity index (χ2v) is 19.3. The summed E-state index contributed by atoms with van der Waals surface area (Å²) in [5, 5.41) is 13.4. The molecule has 0 spiro atoms. The summed E-state index contributed by atoms with van der Waals surface area (Å²) in [6, 6.07) is 0. The first-order chi connectivity index (χ1) is 29.4. The van der Waals surface area contributed by atoms with Crippen LogP contribution in [-0.4, -0.2) is 81.2 Å². The second kappa shape index (κ2) is 33.6. The van der Waals surface area contributed by atoms with Crippen LogP contribution in [0, 0.1) is 21.7 Å². The highest BCUT2D eigenvalue weighted by Crippen LogP contribution is 2.49. The van der Waals surface area contributed by atoms with Crippen LogP contribution >= 0.6 is 0 Å². The minimum Gasteiger partial charge on any atom is -0.469 e. The number of ether oxygens (including phenoxy) is 4. The van der Waals surface area contributed by atoms with E-state index in [1.165, 1.54) is 90.6 Å². The summed E-state index contributed by atoms with van der Waals surface area (Å²) in [5.74, 6) is -1.99. The number of methoxy groups -OCH3 is 1. The number of nitrogens with zero attached hydrogens (tertiary/aromatic N) is 1. The maximum absolute atomic E-state index is 14.0.